The van der Waals surface area contributed by atoms with Crippen LogP contribution in [0.5, 0.6) is 0 Å². The molecule has 0 aromatic carbocycles. The minimum Gasteiger partial charge on any atom is -0.464 e. The molecule has 0 radical (unpaired) electrons. The van der Waals surface area contributed by atoms with Crippen LogP contribution in [0.3, 0.4) is 0 Å². The Kier molecular flexibility index (Phi) is 11.2. The quantitative estimate of drug-likeness (QED) is 0.115. The van der Waals surface area contributed by atoms with Gasteiger partial charge in [-0.1, -0.05) is 6.58 Å². The lowest BCUT2D eigenvalue weighted by molar-refractivity contribution is -0.156. The second kappa shape index (κ2) is 13.5. The van der Waals surface area contributed by atoms with Crippen molar-refractivity contribution < 1.29 is 48.0 Å². The van der Waals surface area contributed by atoms with Crippen LogP contribution in [-0.2, 0) is 33.3 Å². The third-order valence-corrected chi connectivity index (χ3v) is 6.67. The third kappa shape index (κ3) is 9.34. The van der Waals surface area contributed by atoms with E-state index in [9.17, 15) is 29.1 Å². The zero-order valence-electron chi connectivity index (χ0n) is 25.0. The van der Waals surface area contributed by atoms with Crippen LogP contribution < -0.4 is 16.0 Å². The molecule has 6 atom stereocenters. The average Bonchev–Trinajstić information content (AvgIpc) is 3.50. The highest BCUT2D eigenvalue weighted by atomic mass is 16.6. The largest absolute Gasteiger partial charge is 0.464 e. The van der Waals surface area contributed by atoms with E-state index in [1.54, 1.807) is 48.5 Å². The molecule has 13 nitrogen and oxygen atoms in total. The van der Waals surface area contributed by atoms with Crippen LogP contribution in [0.1, 0.15) is 74.1 Å². The summed E-state index contributed by atoms with van der Waals surface area (Å²) in [7, 11) is 0. The molecule has 41 heavy (non-hydrogen) atoms. The Morgan fingerprint density at radius 2 is 1.63 bits per heavy atom. The molecule has 0 heterocycles. The van der Waals surface area contributed by atoms with E-state index in [0.29, 0.717) is 12.8 Å². The number of aliphatic hydroxyl groups excluding tert-OH is 1. The highest BCUT2D eigenvalue weighted by Crippen LogP contribution is 2.63. The van der Waals surface area contributed by atoms with E-state index in [1.807, 2.05) is 0 Å². The fourth-order valence-corrected chi connectivity index (χ4v) is 5.18. The molecule has 0 unspecified atom stereocenters. The molecule has 2 rings (SSSR count). The number of carbonyl (C=O) groups is 5. The molecule has 2 aliphatic carbocycles. The minimum atomic E-state index is -1.70. The zero-order chi connectivity index (χ0) is 31.2. The standard InChI is InChI=1S/C28H45N3O10/c1-9-38-22(34)19-18-17(32)15-28(20(18)19,23(35)39-10-2)31-21(33)16(30-25(37)41-27(6,7)8)13-11-12-14-29-24(36)40-26(3,4)5/h9,16-20,32H,1,10-15H2,2-8H3,(H,29,36)(H,30,37)(H,31,33)/t16-,17-,18-,19-,20-,28-/m0/s1. The lowest BCUT2D eigenvalue weighted by Crippen LogP contribution is -2.61. The summed E-state index contributed by atoms with van der Waals surface area (Å²) in [5.41, 5.74) is -3.17. The van der Waals surface area contributed by atoms with E-state index < -0.39 is 76.7 Å². The summed E-state index contributed by atoms with van der Waals surface area (Å²) in [6.45, 7) is 15.5. The molecule has 0 saturated heterocycles. The van der Waals surface area contributed by atoms with Crippen molar-refractivity contribution in [2.45, 2.75) is 103 Å². The van der Waals surface area contributed by atoms with Crippen molar-refractivity contribution in [3.63, 3.8) is 0 Å². The van der Waals surface area contributed by atoms with Crippen molar-refractivity contribution >= 4 is 30.0 Å². The molecule has 13 heteroatoms. The molecular weight excluding hydrogens is 538 g/mol. The van der Waals surface area contributed by atoms with E-state index >= 15 is 0 Å². The van der Waals surface area contributed by atoms with Gasteiger partial charge in [0.05, 0.1) is 24.9 Å². The van der Waals surface area contributed by atoms with Crippen molar-refractivity contribution in [1.29, 1.82) is 0 Å². The lowest BCUT2D eigenvalue weighted by Gasteiger charge is -2.33. The summed E-state index contributed by atoms with van der Waals surface area (Å²) in [6, 6.07) is -1.13. The Hall–Kier alpha value is -3.35. The number of alkyl carbamates (subject to hydrolysis) is 2. The Balaban J connectivity index is 2.18. The molecule has 232 valence electrons. The van der Waals surface area contributed by atoms with Crippen molar-refractivity contribution in [3.05, 3.63) is 12.8 Å². The van der Waals surface area contributed by atoms with Crippen LogP contribution in [0.25, 0.3) is 0 Å². The maximum absolute atomic E-state index is 13.6. The summed E-state index contributed by atoms with van der Waals surface area (Å²) in [5, 5.41) is 18.6. The number of nitrogens with one attached hydrogen (secondary N) is 3. The number of hydrogen-bond donors (Lipinski definition) is 4. The van der Waals surface area contributed by atoms with E-state index in [2.05, 4.69) is 22.5 Å². The van der Waals surface area contributed by atoms with E-state index in [4.69, 9.17) is 18.9 Å². The van der Waals surface area contributed by atoms with Gasteiger partial charge in [0.15, 0.2) is 0 Å². The van der Waals surface area contributed by atoms with Crippen LogP contribution in [-0.4, -0.2) is 77.2 Å². The van der Waals surface area contributed by atoms with Crippen LogP contribution in [0.2, 0.25) is 0 Å². The molecule has 3 amide bonds. The van der Waals surface area contributed by atoms with Crippen molar-refractivity contribution in [1.82, 2.24) is 16.0 Å². The number of esters is 2. The van der Waals surface area contributed by atoms with Crippen LogP contribution in [0.15, 0.2) is 12.8 Å². The summed E-state index contributed by atoms with van der Waals surface area (Å²) in [6.07, 6.45) is -0.673. The summed E-state index contributed by atoms with van der Waals surface area (Å²) >= 11 is 0. The monoisotopic (exact) mass is 583 g/mol. The van der Waals surface area contributed by atoms with Crippen molar-refractivity contribution in [3.8, 4) is 0 Å². The smallest absolute Gasteiger partial charge is 0.408 e. The SMILES string of the molecule is C=COC(=O)[C@H]1[C@H]2[C@@H]1[C@](NC(=O)[C@H](CCCCNC(=O)OC(C)(C)C)NC(=O)OC(C)(C)C)(C(=O)OCC)C[C@@H]2O. The molecule has 2 aliphatic rings. The lowest BCUT2D eigenvalue weighted by atomic mass is 9.88. The molecule has 2 fully saturated rings. The van der Waals surface area contributed by atoms with Gasteiger partial charge >= 0.3 is 24.1 Å². The number of amides is 3. The first kappa shape index (κ1) is 33.9. The normalized spacial score (nSPS) is 25.6. The Morgan fingerprint density at radius 3 is 2.20 bits per heavy atom. The van der Waals surface area contributed by atoms with E-state index in [-0.39, 0.29) is 26.0 Å². The van der Waals surface area contributed by atoms with Gasteiger partial charge < -0.3 is 40.0 Å². The Morgan fingerprint density at radius 1 is 1.02 bits per heavy atom. The number of aliphatic hydroxyl groups is 1. The highest BCUT2D eigenvalue weighted by molar-refractivity contribution is 5.94. The van der Waals surface area contributed by atoms with Gasteiger partial charge in [-0.15, -0.1) is 0 Å². The van der Waals surface area contributed by atoms with Gasteiger partial charge in [0.2, 0.25) is 5.91 Å². The zero-order valence-corrected chi connectivity index (χ0v) is 25.0. The predicted molar refractivity (Wildman–Crippen MR) is 146 cm³/mol. The van der Waals surface area contributed by atoms with Crippen LogP contribution >= 0.6 is 0 Å². The molecule has 4 N–H and O–H groups in total. The summed E-state index contributed by atoms with van der Waals surface area (Å²) in [4.78, 5) is 63.8. The topological polar surface area (TPSA) is 179 Å². The van der Waals surface area contributed by atoms with Gasteiger partial charge in [-0.3, -0.25) is 9.59 Å². The Bertz CT molecular complexity index is 1000. The van der Waals surface area contributed by atoms with Crippen LogP contribution in [0, 0.1) is 17.8 Å². The Labute approximate surface area is 241 Å². The van der Waals surface area contributed by atoms with Crippen molar-refractivity contribution in [2.24, 2.45) is 17.8 Å². The van der Waals surface area contributed by atoms with Gasteiger partial charge in [0.1, 0.15) is 22.8 Å². The predicted octanol–water partition coefficient (Wildman–Crippen LogP) is 2.31. The molecule has 0 aliphatic heterocycles. The second-order valence-corrected chi connectivity index (χ2v) is 12.3. The van der Waals surface area contributed by atoms with Crippen LogP contribution in [0.4, 0.5) is 9.59 Å². The number of carbonyl (C=O) groups excluding carboxylic acids is 5. The van der Waals surface area contributed by atoms with Gasteiger partial charge in [-0.05, 0) is 67.7 Å². The molecule has 0 aromatic heterocycles. The molecule has 2 saturated carbocycles. The van der Waals surface area contributed by atoms with Gasteiger partial charge in [0, 0.05) is 24.8 Å². The summed E-state index contributed by atoms with van der Waals surface area (Å²) in [5.74, 6) is -4.36. The highest BCUT2D eigenvalue weighted by Gasteiger charge is 2.76. The first-order valence-electron chi connectivity index (χ1n) is 13.9. The number of fused-ring (bicyclic) bond motifs is 1. The van der Waals surface area contributed by atoms with Gasteiger partial charge in [-0.25, -0.2) is 14.4 Å². The van der Waals surface area contributed by atoms with E-state index in [1.165, 1.54) is 0 Å². The number of rotatable bonds is 12. The molecular formula is C28H45N3O10. The molecule has 0 aromatic rings. The van der Waals surface area contributed by atoms with E-state index in [0.717, 1.165) is 6.26 Å². The maximum Gasteiger partial charge on any atom is 0.408 e. The molecule has 0 bridgehead atoms. The fourth-order valence-electron chi connectivity index (χ4n) is 5.18. The van der Waals surface area contributed by atoms with Gasteiger partial charge in [-0.2, -0.15) is 0 Å². The first-order valence-corrected chi connectivity index (χ1v) is 13.9. The number of ether oxygens (including phenoxy) is 4. The van der Waals surface area contributed by atoms with Crippen molar-refractivity contribution in [2.75, 3.05) is 13.2 Å². The van der Waals surface area contributed by atoms with Gasteiger partial charge in [0.25, 0.3) is 0 Å². The number of hydrogen-bond acceptors (Lipinski definition) is 10. The fraction of sp³-hybridized carbons (Fsp3) is 0.750. The minimum absolute atomic E-state index is 0.00986. The molecule has 0 spiro atoms. The average molecular weight is 584 g/mol. The second-order valence-electron chi connectivity index (χ2n) is 12.3. The maximum atomic E-state index is 13.6. The first-order chi connectivity index (χ1) is 19.0. The third-order valence-electron chi connectivity index (χ3n) is 6.67. The summed E-state index contributed by atoms with van der Waals surface area (Å²) < 4.78 is 20.7. The number of unbranched alkanes of at least 4 members (excludes halogenated alkanes) is 1.